The Morgan fingerprint density at radius 3 is 1.63 bits per heavy atom. The fraction of sp³-hybridized carbons (Fsp3) is 0.143. The van der Waals surface area contributed by atoms with Crippen LogP contribution in [0, 0.1) is 20.2 Å². The van der Waals surface area contributed by atoms with Crippen LogP contribution in [0.1, 0.15) is 23.0 Å². The van der Waals surface area contributed by atoms with Crippen LogP contribution in [-0.2, 0) is 22.7 Å². The van der Waals surface area contributed by atoms with Crippen molar-refractivity contribution in [3.63, 3.8) is 0 Å². The molecule has 9 heteroatoms. The zero-order chi connectivity index (χ0) is 21.5. The fourth-order valence-corrected chi connectivity index (χ4v) is 3.18. The SMILES string of the molecule is O=[N+]([O-])c1ccccc1COC(OCc1ccccc1[N+](=O)[O-])c1ccccc1[Si]. The molecule has 8 nitrogen and oxygen atoms in total. The van der Waals surface area contributed by atoms with E-state index in [1.807, 2.05) is 12.1 Å². The lowest BCUT2D eigenvalue weighted by Crippen LogP contribution is -2.19. The van der Waals surface area contributed by atoms with Crippen molar-refractivity contribution < 1.29 is 19.3 Å². The van der Waals surface area contributed by atoms with E-state index < -0.39 is 16.1 Å². The van der Waals surface area contributed by atoms with Crippen LogP contribution in [0.2, 0.25) is 0 Å². The van der Waals surface area contributed by atoms with Crippen molar-refractivity contribution in [1.29, 1.82) is 0 Å². The Morgan fingerprint density at radius 1 is 0.733 bits per heavy atom. The lowest BCUT2D eigenvalue weighted by Gasteiger charge is -2.21. The smallest absolute Gasteiger partial charge is 0.274 e. The van der Waals surface area contributed by atoms with Gasteiger partial charge in [-0.15, -0.1) is 0 Å². The first-order valence-electron chi connectivity index (χ1n) is 8.95. The first kappa shape index (κ1) is 21.3. The van der Waals surface area contributed by atoms with Gasteiger partial charge in [0.15, 0.2) is 6.29 Å². The van der Waals surface area contributed by atoms with Gasteiger partial charge < -0.3 is 9.47 Å². The molecule has 0 aliphatic heterocycles. The number of benzene rings is 3. The molecule has 3 rings (SSSR count). The van der Waals surface area contributed by atoms with Crippen LogP contribution in [0.5, 0.6) is 0 Å². The van der Waals surface area contributed by atoms with Crippen molar-refractivity contribution >= 4 is 26.8 Å². The predicted octanol–water partition coefficient (Wildman–Crippen LogP) is 3.73. The number of nitro groups is 2. The van der Waals surface area contributed by atoms with Gasteiger partial charge in [-0.25, -0.2) is 0 Å². The van der Waals surface area contributed by atoms with Gasteiger partial charge in [-0.2, -0.15) is 0 Å². The van der Waals surface area contributed by atoms with E-state index in [0.29, 0.717) is 21.9 Å². The third-order valence-corrected chi connectivity index (χ3v) is 4.83. The van der Waals surface area contributed by atoms with E-state index in [9.17, 15) is 20.2 Å². The summed E-state index contributed by atoms with van der Waals surface area (Å²) in [5.41, 5.74) is 1.34. The van der Waals surface area contributed by atoms with Crippen molar-refractivity contribution in [1.82, 2.24) is 0 Å². The van der Waals surface area contributed by atoms with Crippen molar-refractivity contribution in [3.05, 3.63) is 110 Å². The van der Waals surface area contributed by atoms with Crippen molar-refractivity contribution in [2.75, 3.05) is 0 Å². The molecule has 0 fully saturated rings. The summed E-state index contributed by atoms with van der Waals surface area (Å²) in [4.78, 5) is 21.6. The van der Waals surface area contributed by atoms with E-state index in [1.165, 1.54) is 12.1 Å². The Kier molecular flexibility index (Phi) is 7.02. The Hall–Kier alpha value is -3.40. The number of nitrogens with zero attached hydrogens (tertiary/aromatic N) is 2. The molecule has 0 bridgehead atoms. The molecule has 0 aliphatic rings. The van der Waals surface area contributed by atoms with E-state index in [-0.39, 0.29) is 24.6 Å². The van der Waals surface area contributed by atoms with E-state index in [0.717, 1.165) is 0 Å². The molecule has 0 aromatic heterocycles. The third-order valence-electron chi connectivity index (χ3n) is 4.37. The molecule has 3 aromatic rings. The number of nitro benzene ring substituents is 2. The molecule has 0 atom stereocenters. The van der Waals surface area contributed by atoms with E-state index >= 15 is 0 Å². The number of ether oxygens (including phenoxy) is 2. The number of para-hydroxylation sites is 2. The maximum Gasteiger partial charge on any atom is 0.274 e. The molecule has 0 saturated carbocycles. The summed E-state index contributed by atoms with van der Waals surface area (Å²) >= 11 is 0. The minimum absolute atomic E-state index is 0.0541. The molecule has 0 saturated heterocycles. The molecule has 3 radical (unpaired) electrons. The van der Waals surface area contributed by atoms with Gasteiger partial charge in [0, 0.05) is 17.7 Å². The minimum Gasteiger partial charge on any atom is -0.343 e. The number of rotatable bonds is 9. The third kappa shape index (κ3) is 5.14. The molecule has 3 aromatic carbocycles. The summed E-state index contributed by atoms with van der Waals surface area (Å²) in [6, 6.07) is 19.8. The van der Waals surface area contributed by atoms with Crippen LogP contribution in [0.4, 0.5) is 11.4 Å². The highest BCUT2D eigenvalue weighted by atomic mass is 28.1. The minimum atomic E-state index is -0.904. The Morgan fingerprint density at radius 2 is 1.17 bits per heavy atom. The van der Waals surface area contributed by atoms with Gasteiger partial charge in [0.05, 0.1) is 44.4 Å². The lowest BCUT2D eigenvalue weighted by molar-refractivity contribution is -0.386. The second-order valence-electron chi connectivity index (χ2n) is 6.31. The Labute approximate surface area is 175 Å². The summed E-state index contributed by atoms with van der Waals surface area (Å²) in [6.07, 6.45) is -0.904. The Bertz CT molecular complexity index is 997. The second-order valence-corrected chi connectivity index (χ2v) is 6.85. The molecular weight excluding hydrogens is 404 g/mol. The summed E-state index contributed by atoms with van der Waals surface area (Å²) in [6.45, 7) is -0.140. The van der Waals surface area contributed by atoms with Crippen LogP contribution in [0.3, 0.4) is 0 Å². The second kappa shape index (κ2) is 9.88. The van der Waals surface area contributed by atoms with Crippen LogP contribution in [0.25, 0.3) is 0 Å². The molecule has 30 heavy (non-hydrogen) atoms. The highest BCUT2D eigenvalue weighted by Gasteiger charge is 2.20. The zero-order valence-corrected chi connectivity index (χ0v) is 16.8. The standard InChI is InChI=1S/C21H17N2O6Si/c24-22(25)18-10-4-1-7-15(18)13-28-21(17-9-3-6-12-20(17)30)29-14-16-8-2-5-11-19(16)23(26)27/h1-12,21H,13-14H2. The number of hydrogen-bond donors (Lipinski definition) is 0. The van der Waals surface area contributed by atoms with Crippen LogP contribution in [-0.4, -0.2) is 20.1 Å². The summed E-state index contributed by atoms with van der Waals surface area (Å²) in [5, 5.41) is 23.2. The maximum absolute atomic E-state index is 11.2. The molecule has 0 spiro atoms. The molecule has 0 unspecified atom stereocenters. The normalized spacial score (nSPS) is 10.9. The van der Waals surface area contributed by atoms with E-state index in [4.69, 9.17) is 9.47 Å². The van der Waals surface area contributed by atoms with E-state index in [1.54, 1.807) is 48.5 Å². The van der Waals surface area contributed by atoms with Gasteiger partial charge in [-0.05, 0) is 12.1 Å². The first-order chi connectivity index (χ1) is 14.5. The monoisotopic (exact) mass is 421 g/mol. The predicted molar refractivity (Wildman–Crippen MR) is 110 cm³/mol. The van der Waals surface area contributed by atoms with Gasteiger partial charge in [0.2, 0.25) is 0 Å². The summed E-state index contributed by atoms with van der Waals surface area (Å²) in [7, 11) is 3.51. The van der Waals surface area contributed by atoms with Gasteiger partial charge in [-0.1, -0.05) is 53.7 Å². The molecule has 151 valence electrons. The average molecular weight is 421 g/mol. The molecule has 0 aliphatic carbocycles. The zero-order valence-electron chi connectivity index (χ0n) is 15.8. The molecule has 0 heterocycles. The largest absolute Gasteiger partial charge is 0.343 e. The maximum atomic E-state index is 11.2. The van der Waals surface area contributed by atoms with Gasteiger partial charge in [-0.3, -0.25) is 20.2 Å². The van der Waals surface area contributed by atoms with Crippen molar-refractivity contribution in [2.24, 2.45) is 0 Å². The summed E-state index contributed by atoms with van der Waals surface area (Å²) in [5.74, 6) is 0. The van der Waals surface area contributed by atoms with Crippen LogP contribution < -0.4 is 5.19 Å². The van der Waals surface area contributed by atoms with Gasteiger partial charge in [0.25, 0.3) is 11.4 Å². The van der Waals surface area contributed by atoms with Crippen LogP contribution >= 0.6 is 0 Å². The quantitative estimate of drug-likeness (QED) is 0.226. The highest BCUT2D eigenvalue weighted by molar-refractivity contribution is 6.33. The van der Waals surface area contributed by atoms with Crippen LogP contribution in [0.15, 0.2) is 72.8 Å². The molecule has 0 amide bonds. The lowest BCUT2D eigenvalue weighted by atomic mass is 10.2. The molecule has 0 N–H and O–H groups in total. The fourth-order valence-electron chi connectivity index (χ4n) is 2.88. The first-order valence-corrected chi connectivity index (χ1v) is 9.45. The van der Waals surface area contributed by atoms with Crippen molar-refractivity contribution in [3.8, 4) is 0 Å². The van der Waals surface area contributed by atoms with Gasteiger partial charge in [0.1, 0.15) is 0 Å². The number of hydrogen-bond acceptors (Lipinski definition) is 6. The highest BCUT2D eigenvalue weighted by Crippen LogP contribution is 2.26. The topological polar surface area (TPSA) is 105 Å². The van der Waals surface area contributed by atoms with Gasteiger partial charge >= 0.3 is 0 Å². The van der Waals surface area contributed by atoms with E-state index in [2.05, 4.69) is 10.2 Å². The Balaban J connectivity index is 1.83. The summed E-state index contributed by atoms with van der Waals surface area (Å²) < 4.78 is 11.8. The average Bonchev–Trinajstić information content (AvgIpc) is 2.75. The molecular formula is C21H17N2O6Si. The van der Waals surface area contributed by atoms with Crippen molar-refractivity contribution in [2.45, 2.75) is 19.5 Å².